The van der Waals surface area contributed by atoms with Gasteiger partial charge in [-0.25, -0.2) is 0 Å². The van der Waals surface area contributed by atoms with Gasteiger partial charge in [0, 0.05) is 22.2 Å². The van der Waals surface area contributed by atoms with Crippen molar-refractivity contribution in [2.75, 3.05) is 11.4 Å². The van der Waals surface area contributed by atoms with Crippen molar-refractivity contribution >= 4 is 40.1 Å². The average Bonchev–Trinajstić information content (AvgIpc) is 2.61. The third kappa shape index (κ3) is 2.43. The van der Waals surface area contributed by atoms with Crippen LogP contribution in [0.5, 0.6) is 0 Å². The highest BCUT2D eigenvalue weighted by Gasteiger charge is 2.34. The molecule has 0 saturated carbocycles. The van der Waals surface area contributed by atoms with Gasteiger partial charge < -0.3 is 10.6 Å². The standard InChI is InChI=1S/C12H13IN2O2/c1-7-4-9(13)2-3-10(7)15-6-8(12(14)17)5-11(15)16/h2-4,8H,5-6H2,1H3,(H2,14,17). The van der Waals surface area contributed by atoms with Crippen molar-refractivity contribution in [3.8, 4) is 0 Å². The highest BCUT2D eigenvalue weighted by atomic mass is 127. The molecule has 1 heterocycles. The lowest BCUT2D eigenvalue weighted by atomic mass is 10.1. The summed E-state index contributed by atoms with van der Waals surface area (Å²) in [5.74, 6) is -0.789. The number of aryl methyl sites for hydroxylation is 1. The summed E-state index contributed by atoms with van der Waals surface area (Å²) in [5.41, 5.74) is 7.16. The summed E-state index contributed by atoms with van der Waals surface area (Å²) in [6.45, 7) is 2.36. The number of nitrogens with zero attached hydrogens (tertiary/aromatic N) is 1. The Hall–Kier alpha value is -1.11. The zero-order chi connectivity index (χ0) is 12.6. The first-order valence-electron chi connectivity index (χ1n) is 5.35. The van der Waals surface area contributed by atoms with E-state index in [1.165, 1.54) is 0 Å². The van der Waals surface area contributed by atoms with Crippen LogP contribution < -0.4 is 10.6 Å². The zero-order valence-electron chi connectivity index (χ0n) is 9.44. The largest absolute Gasteiger partial charge is 0.369 e. The van der Waals surface area contributed by atoms with Gasteiger partial charge in [0.2, 0.25) is 11.8 Å². The first-order chi connectivity index (χ1) is 7.99. The van der Waals surface area contributed by atoms with Gasteiger partial charge in [0.05, 0.1) is 5.92 Å². The Morgan fingerprint density at radius 1 is 1.53 bits per heavy atom. The van der Waals surface area contributed by atoms with Crippen molar-refractivity contribution < 1.29 is 9.59 Å². The lowest BCUT2D eigenvalue weighted by Gasteiger charge is -2.18. The van der Waals surface area contributed by atoms with E-state index in [1.807, 2.05) is 25.1 Å². The van der Waals surface area contributed by atoms with Crippen molar-refractivity contribution in [2.45, 2.75) is 13.3 Å². The number of carbonyl (C=O) groups is 2. The molecule has 2 amide bonds. The van der Waals surface area contributed by atoms with E-state index in [0.717, 1.165) is 14.8 Å². The van der Waals surface area contributed by atoms with Crippen LogP contribution in [0.4, 0.5) is 5.69 Å². The Bertz CT molecular complexity index is 487. The molecule has 0 aromatic heterocycles. The Labute approximate surface area is 113 Å². The molecule has 1 unspecified atom stereocenters. The lowest BCUT2D eigenvalue weighted by molar-refractivity contribution is -0.123. The molecule has 0 radical (unpaired) electrons. The smallest absolute Gasteiger partial charge is 0.227 e. The van der Waals surface area contributed by atoms with E-state index in [9.17, 15) is 9.59 Å². The molecule has 1 atom stereocenters. The summed E-state index contributed by atoms with van der Waals surface area (Å²) in [7, 11) is 0. The molecule has 1 aliphatic rings. The molecule has 5 heteroatoms. The molecule has 1 aliphatic heterocycles. The molecule has 2 N–H and O–H groups in total. The van der Waals surface area contributed by atoms with Gasteiger partial charge in [-0.2, -0.15) is 0 Å². The van der Waals surface area contributed by atoms with Gasteiger partial charge in [0.25, 0.3) is 0 Å². The van der Waals surface area contributed by atoms with E-state index in [2.05, 4.69) is 22.6 Å². The number of primary amides is 1. The number of hydrogen-bond donors (Lipinski definition) is 1. The third-order valence-corrected chi connectivity index (χ3v) is 3.65. The zero-order valence-corrected chi connectivity index (χ0v) is 11.6. The molecule has 1 aromatic rings. The topological polar surface area (TPSA) is 63.4 Å². The van der Waals surface area contributed by atoms with E-state index < -0.39 is 5.91 Å². The monoisotopic (exact) mass is 344 g/mol. The molecular formula is C12H13IN2O2. The number of anilines is 1. The third-order valence-electron chi connectivity index (χ3n) is 2.98. The first-order valence-corrected chi connectivity index (χ1v) is 6.42. The Morgan fingerprint density at radius 2 is 2.24 bits per heavy atom. The number of nitrogens with two attached hydrogens (primary N) is 1. The van der Waals surface area contributed by atoms with Gasteiger partial charge >= 0.3 is 0 Å². The average molecular weight is 344 g/mol. The lowest BCUT2D eigenvalue weighted by Crippen LogP contribution is -2.28. The normalized spacial score (nSPS) is 19.8. The van der Waals surface area contributed by atoms with Gasteiger partial charge in [-0.1, -0.05) is 0 Å². The SMILES string of the molecule is Cc1cc(I)ccc1N1CC(C(N)=O)CC1=O. The molecule has 1 aromatic carbocycles. The summed E-state index contributed by atoms with van der Waals surface area (Å²) in [6.07, 6.45) is 0.223. The van der Waals surface area contributed by atoms with Gasteiger partial charge in [0.15, 0.2) is 0 Å². The van der Waals surface area contributed by atoms with Gasteiger partial charge in [0.1, 0.15) is 0 Å². The number of rotatable bonds is 2. The van der Waals surface area contributed by atoms with Crippen molar-refractivity contribution in [3.63, 3.8) is 0 Å². The molecular weight excluding hydrogens is 331 g/mol. The predicted octanol–water partition coefficient (Wildman–Crippen LogP) is 1.44. The summed E-state index contributed by atoms with van der Waals surface area (Å²) >= 11 is 2.23. The number of amides is 2. The fraction of sp³-hybridized carbons (Fsp3) is 0.333. The molecule has 1 fully saturated rings. The van der Waals surface area contributed by atoms with E-state index >= 15 is 0 Å². The van der Waals surface area contributed by atoms with Crippen LogP contribution in [0, 0.1) is 16.4 Å². The number of halogens is 1. The van der Waals surface area contributed by atoms with Crippen molar-refractivity contribution in [3.05, 3.63) is 27.3 Å². The minimum atomic E-state index is -0.399. The highest BCUT2D eigenvalue weighted by molar-refractivity contribution is 14.1. The summed E-state index contributed by atoms with van der Waals surface area (Å²) < 4.78 is 1.13. The molecule has 2 rings (SSSR count). The van der Waals surface area contributed by atoms with Crippen LogP contribution in [0.2, 0.25) is 0 Å². The van der Waals surface area contributed by atoms with Crippen molar-refractivity contribution in [1.29, 1.82) is 0 Å². The maximum Gasteiger partial charge on any atom is 0.227 e. The van der Waals surface area contributed by atoms with Gasteiger partial charge in [-0.15, -0.1) is 0 Å². The molecule has 17 heavy (non-hydrogen) atoms. The van der Waals surface area contributed by atoms with Crippen LogP contribution in [0.1, 0.15) is 12.0 Å². The van der Waals surface area contributed by atoms with E-state index in [0.29, 0.717) is 6.54 Å². The Kier molecular flexibility index (Phi) is 3.37. The van der Waals surface area contributed by atoms with Crippen LogP contribution in [0.25, 0.3) is 0 Å². The molecule has 1 saturated heterocycles. The molecule has 4 nitrogen and oxygen atoms in total. The predicted molar refractivity (Wildman–Crippen MR) is 73.6 cm³/mol. The van der Waals surface area contributed by atoms with E-state index in [1.54, 1.807) is 4.90 Å². The second-order valence-electron chi connectivity index (χ2n) is 4.24. The number of benzene rings is 1. The van der Waals surface area contributed by atoms with Crippen molar-refractivity contribution in [1.82, 2.24) is 0 Å². The summed E-state index contributed by atoms with van der Waals surface area (Å²) in [6, 6.07) is 5.88. The van der Waals surface area contributed by atoms with Crippen LogP contribution in [-0.4, -0.2) is 18.4 Å². The van der Waals surface area contributed by atoms with Crippen LogP contribution >= 0.6 is 22.6 Å². The highest BCUT2D eigenvalue weighted by Crippen LogP contribution is 2.28. The van der Waals surface area contributed by atoms with Crippen molar-refractivity contribution in [2.24, 2.45) is 11.7 Å². The minimum absolute atomic E-state index is 0.0295. The quantitative estimate of drug-likeness (QED) is 0.826. The molecule has 90 valence electrons. The van der Waals surface area contributed by atoms with E-state index in [-0.39, 0.29) is 18.2 Å². The first kappa shape index (κ1) is 12.3. The summed E-state index contributed by atoms with van der Waals surface area (Å²) in [5, 5.41) is 0. The fourth-order valence-corrected chi connectivity index (χ4v) is 2.70. The Balaban J connectivity index is 2.29. The van der Waals surface area contributed by atoms with Crippen LogP contribution in [0.3, 0.4) is 0 Å². The second kappa shape index (κ2) is 4.64. The Morgan fingerprint density at radius 3 is 2.76 bits per heavy atom. The second-order valence-corrected chi connectivity index (χ2v) is 5.48. The summed E-state index contributed by atoms with van der Waals surface area (Å²) in [4.78, 5) is 24.6. The molecule has 0 bridgehead atoms. The molecule has 0 spiro atoms. The maximum atomic E-state index is 11.8. The minimum Gasteiger partial charge on any atom is -0.369 e. The maximum absolute atomic E-state index is 11.8. The van der Waals surface area contributed by atoms with Crippen LogP contribution in [-0.2, 0) is 9.59 Å². The van der Waals surface area contributed by atoms with Gasteiger partial charge in [-0.05, 0) is 53.3 Å². The van der Waals surface area contributed by atoms with Gasteiger partial charge in [-0.3, -0.25) is 9.59 Å². The van der Waals surface area contributed by atoms with E-state index in [4.69, 9.17) is 5.73 Å². The fourth-order valence-electron chi connectivity index (χ4n) is 2.05. The number of carbonyl (C=O) groups excluding carboxylic acids is 2. The molecule has 0 aliphatic carbocycles. The number of hydrogen-bond acceptors (Lipinski definition) is 2. The van der Waals surface area contributed by atoms with Crippen LogP contribution in [0.15, 0.2) is 18.2 Å².